The number of ether oxygens (including phenoxy) is 1. The lowest BCUT2D eigenvalue weighted by Gasteiger charge is -2.13. The van der Waals surface area contributed by atoms with Gasteiger partial charge in [0.2, 0.25) is 0 Å². The van der Waals surface area contributed by atoms with Crippen molar-refractivity contribution >= 4 is 34.2 Å². The SMILES string of the molecule is Cc1cc(C)c(OCC(=O)Nc2cc3nn(-c4ccc(C(C)C)cc4)nc3cc2C)c(Cl)c1. The molecule has 0 atom stereocenters. The first-order valence-corrected chi connectivity index (χ1v) is 11.3. The zero-order valence-corrected chi connectivity index (χ0v) is 20.2. The summed E-state index contributed by atoms with van der Waals surface area (Å²) in [4.78, 5) is 14.2. The van der Waals surface area contributed by atoms with Gasteiger partial charge in [-0.3, -0.25) is 4.79 Å². The number of halogens is 1. The van der Waals surface area contributed by atoms with E-state index in [2.05, 4.69) is 41.5 Å². The van der Waals surface area contributed by atoms with Crippen molar-refractivity contribution in [2.24, 2.45) is 0 Å². The molecular formula is C26H27ClN4O2. The van der Waals surface area contributed by atoms with Gasteiger partial charge in [0.25, 0.3) is 5.91 Å². The summed E-state index contributed by atoms with van der Waals surface area (Å²) in [6.07, 6.45) is 0. The number of hydrogen-bond acceptors (Lipinski definition) is 4. The van der Waals surface area contributed by atoms with Gasteiger partial charge in [-0.1, -0.05) is 43.6 Å². The Morgan fingerprint density at radius 2 is 1.67 bits per heavy atom. The van der Waals surface area contributed by atoms with Gasteiger partial charge < -0.3 is 10.1 Å². The molecule has 4 rings (SSSR count). The molecule has 0 unspecified atom stereocenters. The van der Waals surface area contributed by atoms with Crippen molar-refractivity contribution in [1.82, 2.24) is 15.0 Å². The number of nitrogens with zero attached hydrogens (tertiary/aromatic N) is 3. The van der Waals surface area contributed by atoms with Crippen LogP contribution in [0.4, 0.5) is 5.69 Å². The van der Waals surface area contributed by atoms with E-state index in [1.54, 1.807) is 4.80 Å². The molecule has 0 aliphatic rings. The van der Waals surface area contributed by atoms with Crippen LogP contribution in [-0.2, 0) is 4.79 Å². The van der Waals surface area contributed by atoms with Crippen LogP contribution in [0.2, 0.25) is 5.02 Å². The molecule has 0 bridgehead atoms. The van der Waals surface area contributed by atoms with E-state index in [9.17, 15) is 4.79 Å². The number of aryl methyl sites for hydroxylation is 3. The van der Waals surface area contributed by atoms with Crippen LogP contribution in [0.15, 0.2) is 48.5 Å². The summed E-state index contributed by atoms with van der Waals surface area (Å²) in [5, 5.41) is 12.6. The van der Waals surface area contributed by atoms with Crippen molar-refractivity contribution in [2.45, 2.75) is 40.5 Å². The average Bonchev–Trinajstić information content (AvgIpc) is 3.16. The van der Waals surface area contributed by atoms with Crippen molar-refractivity contribution in [3.8, 4) is 11.4 Å². The van der Waals surface area contributed by atoms with Gasteiger partial charge in [0.05, 0.1) is 10.7 Å². The number of nitrogens with one attached hydrogen (secondary N) is 1. The fourth-order valence-electron chi connectivity index (χ4n) is 3.72. The summed E-state index contributed by atoms with van der Waals surface area (Å²) >= 11 is 6.27. The summed E-state index contributed by atoms with van der Waals surface area (Å²) in [5.74, 6) is 0.716. The van der Waals surface area contributed by atoms with E-state index >= 15 is 0 Å². The van der Waals surface area contributed by atoms with Gasteiger partial charge in [-0.05, 0) is 79.3 Å². The maximum absolute atomic E-state index is 12.6. The number of aromatic nitrogens is 3. The molecule has 1 aromatic heterocycles. The van der Waals surface area contributed by atoms with Crippen molar-refractivity contribution in [1.29, 1.82) is 0 Å². The van der Waals surface area contributed by atoms with Crippen molar-refractivity contribution in [3.63, 3.8) is 0 Å². The lowest BCUT2D eigenvalue weighted by atomic mass is 10.0. The minimum Gasteiger partial charge on any atom is -0.482 e. The van der Waals surface area contributed by atoms with Crippen molar-refractivity contribution in [2.75, 3.05) is 11.9 Å². The monoisotopic (exact) mass is 462 g/mol. The lowest BCUT2D eigenvalue weighted by Crippen LogP contribution is -2.21. The Hall–Kier alpha value is -3.38. The third kappa shape index (κ3) is 5.01. The normalized spacial score (nSPS) is 11.2. The van der Waals surface area contributed by atoms with Crippen LogP contribution in [-0.4, -0.2) is 27.5 Å². The first kappa shape index (κ1) is 22.8. The zero-order chi connectivity index (χ0) is 23.7. The number of carbonyl (C=O) groups is 1. The predicted octanol–water partition coefficient (Wildman–Crippen LogP) is 6.14. The Morgan fingerprint density at radius 1 is 1.00 bits per heavy atom. The van der Waals surface area contributed by atoms with Crippen LogP contribution >= 0.6 is 11.6 Å². The number of hydrogen-bond donors (Lipinski definition) is 1. The Labute approximate surface area is 198 Å². The van der Waals surface area contributed by atoms with Gasteiger partial charge in [-0.15, -0.1) is 10.2 Å². The van der Waals surface area contributed by atoms with Gasteiger partial charge in [0.1, 0.15) is 16.8 Å². The van der Waals surface area contributed by atoms with Gasteiger partial charge in [0, 0.05) is 5.69 Å². The molecule has 0 radical (unpaired) electrons. The highest BCUT2D eigenvalue weighted by molar-refractivity contribution is 6.32. The maximum Gasteiger partial charge on any atom is 0.262 e. The second-order valence-corrected chi connectivity index (χ2v) is 9.03. The van der Waals surface area contributed by atoms with Gasteiger partial charge in [0.15, 0.2) is 6.61 Å². The van der Waals surface area contributed by atoms with Crippen LogP contribution in [0.25, 0.3) is 16.7 Å². The van der Waals surface area contributed by atoms with Crippen LogP contribution in [0, 0.1) is 20.8 Å². The average molecular weight is 463 g/mol. The topological polar surface area (TPSA) is 69.0 Å². The Balaban J connectivity index is 1.50. The van der Waals surface area contributed by atoms with Crippen molar-refractivity contribution < 1.29 is 9.53 Å². The highest BCUT2D eigenvalue weighted by atomic mass is 35.5. The minimum atomic E-state index is -0.273. The minimum absolute atomic E-state index is 0.143. The molecule has 170 valence electrons. The molecule has 1 N–H and O–H groups in total. The third-order valence-corrected chi connectivity index (χ3v) is 5.79. The van der Waals surface area contributed by atoms with Crippen LogP contribution in [0.1, 0.15) is 42.0 Å². The highest BCUT2D eigenvalue weighted by Crippen LogP contribution is 2.30. The third-order valence-electron chi connectivity index (χ3n) is 5.51. The van der Waals surface area contributed by atoms with Gasteiger partial charge in [-0.2, -0.15) is 4.80 Å². The largest absolute Gasteiger partial charge is 0.482 e. The van der Waals surface area contributed by atoms with E-state index in [4.69, 9.17) is 16.3 Å². The standard InChI is InChI=1S/C26H27ClN4O2/c1-15(2)19-6-8-20(9-7-19)31-29-23-12-17(4)22(13-24(23)30-31)28-25(32)14-33-26-18(5)10-16(3)11-21(26)27/h6-13,15H,14H2,1-5H3,(H,28,32). The Kier molecular flexibility index (Phi) is 6.38. The number of anilines is 1. The van der Waals surface area contributed by atoms with Gasteiger partial charge >= 0.3 is 0 Å². The molecule has 4 aromatic rings. The lowest BCUT2D eigenvalue weighted by molar-refractivity contribution is -0.118. The number of fused-ring (bicyclic) bond motifs is 1. The highest BCUT2D eigenvalue weighted by Gasteiger charge is 2.13. The van der Waals surface area contributed by atoms with E-state index in [0.717, 1.165) is 27.9 Å². The predicted molar refractivity (Wildman–Crippen MR) is 133 cm³/mol. The molecule has 0 saturated heterocycles. The first-order chi connectivity index (χ1) is 15.7. The molecule has 1 heterocycles. The van der Waals surface area contributed by atoms with E-state index in [-0.39, 0.29) is 12.5 Å². The molecular weight excluding hydrogens is 436 g/mol. The quantitative estimate of drug-likeness (QED) is 0.373. The molecule has 0 aliphatic heterocycles. The summed E-state index contributed by atoms with van der Waals surface area (Å²) in [7, 11) is 0. The number of rotatable bonds is 6. The summed E-state index contributed by atoms with van der Waals surface area (Å²) in [5.41, 5.74) is 7.11. The van der Waals surface area contributed by atoms with Crippen LogP contribution in [0.5, 0.6) is 5.75 Å². The second kappa shape index (κ2) is 9.24. The molecule has 33 heavy (non-hydrogen) atoms. The summed E-state index contributed by atoms with van der Waals surface area (Å²) in [6, 6.07) is 15.7. The molecule has 7 heteroatoms. The number of carbonyl (C=O) groups excluding carboxylic acids is 1. The first-order valence-electron chi connectivity index (χ1n) is 10.9. The summed E-state index contributed by atoms with van der Waals surface area (Å²) in [6.45, 7) is 9.98. The van der Waals surface area contributed by atoms with Crippen molar-refractivity contribution in [3.05, 3.63) is 75.8 Å². The van der Waals surface area contributed by atoms with Gasteiger partial charge in [-0.25, -0.2) is 0 Å². The molecule has 0 spiro atoms. The van der Waals surface area contributed by atoms with Crippen LogP contribution in [0.3, 0.4) is 0 Å². The van der Waals surface area contributed by atoms with E-state index < -0.39 is 0 Å². The Morgan fingerprint density at radius 3 is 2.30 bits per heavy atom. The molecule has 0 fully saturated rings. The van der Waals surface area contributed by atoms with E-state index in [1.165, 1.54) is 5.56 Å². The molecule has 0 saturated carbocycles. The Bertz CT molecular complexity index is 1300. The van der Waals surface area contributed by atoms with Crippen LogP contribution < -0.4 is 10.1 Å². The second-order valence-electron chi connectivity index (χ2n) is 8.62. The van der Waals surface area contributed by atoms with E-state index in [1.807, 2.05) is 57.2 Å². The fraction of sp³-hybridized carbons (Fsp3) is 0.269. The smallest absolute Gasteiger partial charge is 0.262 e. The van der Waals surface area contributed by atoms with E-state index in [0.29, 0.717) is 27.9 Å². The number of amides is 1. The summed E-state index contributed by atoms with van der Waals surface area (Å²) < 4.78 is 5.70. The molecule has 1 amide bonds. The molecule has 3 aromatic carbocycles. The molecule has 0 aliphatic carbocycles. The molecule has 6 nitrogen and oxygen atoms in total. The fourth-order valence-corrected chi connectivity index (χ4v) is 4.10. The zero-order valence-electron chi connectivity index (χ0n) is 19.4. The maximum atomic E-state index is 12.6. The number of benzene rings is 3.